The molecule has 0 bridgehead atoms. The average Bonchev–Trinajstić information content (AvgIpc) is 2.63. The van der Waals surface area contributed by atoms with E-state index in [-0.39, 0.29) is 5.54 Å². The molecule has 0 fully saturated rings. The molecule has 0 radical (unpaired) electrons. The number of aryl methyl sites for hydroxylation is 1. The third-order valence-corrected chi connectivity index (χ3v) is 7.30. The maximum Gasteiger partial charge on any atom is 0.0482 e. The number of benzene rings is 3. The Balaban J connectivity index is 2.25. The van der Waals surface area contributed by atoms with Gasteiger partial charge in [-0.15, -0.1) is 0 Å². The van der Waals surface area contributed by atoms with E-state index in [9.17, 15) is 0 Å². The van der Waals surface area contributed by atoms with Crippen LogP contribution in [0.5, 0.6) is 0 Å². The summed E-state index contributed by atoms with van der Waals surface area (Å²) in [7, 11) is 1.61. The van der Waals surface area contributed by atoms with Crippen molar-refractivity contribution in [2.24, 2.45) is 0 Å². The molecule has 3 aromatic rings. The van der Waals surface area contributed by atoms with Crippen LogP contribution < -0.4 is 20.8 Å². The van der Waals surface area contributed by atoms with Gasteiger partial charge in [-0.3, -0.25) is 0 Å². The summed E-state index contributed by atoms with van der Waals surface area (Å²) in [5.74, 6) is 0. The summed E-state index contributed by atoms with van der Waals surface area (Å²) in [5.41, 5.74) is 2.76. The topological polar surface area (TPSA) is 3.24 Å². The van der Waals surface area contributed by atoms with Crippen molar-refractivity contribution in [3.63, 3.8) is 0 Å². The summed E-state index contributed by atoms with van der Waals surface area (Å²) in [6, 6.07) is 28.6. The molecule has 0 aliphatic carbocycles. The lowest BCUT2D eigenvalue weighted by Crippen LogP contribution is -2.41. The summed E-state index contributed by atoms with van der Waals surface area (Å²) in [4.78, 5) is 2.43. The number of hydrogen-bond donors (Lipinski definition) is 0. The SMILES string of the molecule is Cc1cccc(P(c2ccccc2)c2ccccc2)c1N(C)C(C)(C)C. The first kappa shape index (κ1) is 18.7. The monoisotopic (exact) mass is 361 g/mol. The average molecular weight is 361 g/mol. The van der Waals surface area contributed by atoms with Crippen molar-refractivity contribution < 1.29 is 0 Å². The molecule has 0 N–H and O–H groups in total. The van der Waals surface area contributed by atoms with Crippen molar-refractivity contribution in [3.05, 3.63) is 84.4 Å². The zero-order valence-electron chi connectivity index (χ0n) is 16.4. The van der Waals surface area contributed by atoms with Crippen molar-refractivity contribution >= 4 is 29.5 Å². The Kier molecular flexibility index (Phi) is 5.49. The van der Waals surface area contributed by atoms with Crippen LogP contribution in [0, 0.1) is 6.92 Å². The lowest BCUT2D eigenvalue weighted by Gasteiger charge is -2.38. The lowest BCUT2D eigenvalue weighted by atomic mass is 10.0. The molecule has 0 amide bonds. The van der Waals surface area contributed by atoms with Gasteiger partial charge >= 0.3 is 0 Å². The minimum Gasteiger partial charge on any atom is -0.369 e. The summed E-state index contributed by atoms with van der Waals surface area (Å²) < 4.78 is 0. The second kappa shape index (κ2) is 7.64. The molecule has 2 heteroatoms. The minimum atomic E-state index is -0.604. The predicted octanol–water partition coefficient (Wildman–Crippen LogP) is 4.99. The number of para-hydroxylation sites is 1. The van der Waals surface area contributed by atoms with E-state index in [4.69, 9.17) is 0 Å². The zero-order valence-corrected chi connectivity index (χ0v) is 17.3. The Hall–Kier alpha value is -2.11. The van der Waals surface area contributed by atoms with E-state index in [1.807, 2.05) is 0 Å². The molecular weight excluding hydrogens is 333 g/mol. The predicted molar refractivity (Wildman–Crippen MR) is 118 cm³/mol. The molecule has 0 saturated heterocycles. The number of hydrogen-bond acceptors (Lipinski definition) is 1. The fourth-order valence-corrected chi connectivity index (χ4v) is 5.75. The maximum atomic E-state index is 2.43. The molecule has 0 aliphatic rings. The van der Waals surface area contributed by atoms with Gasteiger partial charge in [0.25, 0.3) is 0 Å². The van der Waals surface area contributed by atoms with Gasteiger partial charge in [0.1, 0.15) is 0 Å². The Labute approximate surface area is 159 Å². The summed E-state index contributed by atoms with van der Waals surface area (Å²) in [6.07, 6.45) is 0. The zero-order chi connectivity index (χ0) is 18.7. The van der Waals surface area contributed by atoms with E-state index < -0.39 is 7.92 Å². The molecule has 26 heavy (non-hydrogen) atoms. The Morgan fingerprint density at radius 3 is 1.65 bits per heavy atom. The second-order valence-electron chi connectivity index (χ2n) is 7.68. The van der Waals surface area contributed by atoms with Crippen LogP contribution in [0.3, 0.4) is 0 Å². The first-order valence-electron chi connectivity index (χ1n) is 9.13. The number of nitrogens with zero attached hydrogens (tertiary/aromatic N) is 1. The van der Waals surface area contributed by atoms with Crippen molar-refractivity contribution in [3.8, 4) is 0 Å². The van der Waals surface area contributed by atoms with E-state index in [0.29, 0.717) is 0 Å². The highest BCUT2D eigenvalue weighted by molar-refractivity contribution is 7.80. The van der Waals surface area contributed by atoms with Crippen LogP contribution in [0.25, 0.3) is 0 Å². The quantitative estimate of drug-likeness (QED) is 0.592. The van der Waals surface area contributed by atoms with Gasteiger partial charge in [-0.1, -0.05) is 78.9 Å². The van der Waals surface area contributed by atoms with E-state index in [2.05, 4.69) is 119 Å². The fraction of sp³-hybridized carbons (Fsp3) is 0.250. The molecule has 3 rings (SSSR count). The third kappa shape index (κ3) is 3.84. The van der Waals surface area contributed by atoms with Crippen LogP contribution in [0.2, 0.25) is 0 Å². The fourth-order valence-electron chi connectivity index (χ4n) is 3.18. The highest BCUT2D eigenvalue weighted by Crippen LogP contribution is 2.39. The van der Waals surface area contributed by atoms with Gasteiger partial charge in [0.15, 0.2) is 0 Å². The maximum absolute atomic E-state index is 2.43. The van der Waals surface area contributed by atoms with Gasteiger partial charge in [-0.05, 0) is 51.8 Å². The summed E-state index contributed by atoms with van der Waals surface area (Å²) in [6.45, 7) is 9.05. The van der Waals surface area contributed by atoms with Crippen molar-refractivity contribution in [2.75, 3.05) is 11.9 Å². The standard InChI is InChI=1S/C24H28NP/c1-19-13-12-18-22(23(19)25(5)24(2,3)4)26(20-14-8-6-9-15-20)21-16-10-7-11-17-21/h6-18H,1-5H3. The second-order valence-corrected chi connectivity index (χ2v) is 9.86. The lowest BCUT2D eigenvalue weighted by molar-refractivity contribution is 0.539. The number of anilines is 1. The van der Waals surface area contributed by atoms with Crippen LogP contribution in [0.1, 0.15) is 26.3 Å². The number of rotatable bonds is 4. The van der Waals surface area contributed by atoms with Crippen molar-refractivity contribution in [1.82, 2.24) is 0 Å². The van der Waals surface area contributed by atoms with Gasteiger partial charge < -0.3 is 4.90 Å². The third-order valence-electron chi connectivity index (χ3n) is 4.83. The normalized spacial score (nSPS) is 11.6. The Morgan fingerprint density at radius 2 is 1.19 bits per heavy atom. The molecule has 0 aliphatic heterocycles. The smallest absolute Gasteiger partial charge is 0.0482 e. The van der Waals surface area contributed by atoms with Crippen LogP contribution in [-0.4, -0.2) is 12.6 Å². The van der Waals surface area contributed by atoms with E-state index >= 15 is 0 Å². The van der Waals surface area contributed by atoms with Crippen LogP contribution in [-0.2, 0) is 0 Å². The van der Waals surface area contributed by atoms with Crippen LogP contribution in [0.15, 0.2) is 78.9 Å². The minimum absolute atomic E-state index is 0.0647. The van der Waals surface area contributed by atoms with Crippen LogP contribution in [0.4, 0.5) is 5.69 Å². The van der Waals surface area contributed by atoms with E-state index in [1.165, 1.54) is 27.2 Å². The molecule has 0 saturated carbocycles. The highest BCUT2D eigenvalue weighted by atomic mass is 31.1. The molecular formula is C24H28NP. The van der Waals surface area contributed by atoms with Gasteiger partial charge in [0, 0.05) is 23.6 Å². The van der Waals surface area contributed by atoms with Gasteiger partial charge in [0.2, 0.25) is 0 Å². The Bertz CT molecular complexity index is 811. The largest absolute Gasteiger partial charge is 0.369 e. The summed E-state index contributed by atoms with van der Waals surface area (Å²) in [5, 5.41) is 4.21. The van der Waals surface area contributed by atoms with Gasteiger partial charge in [0.05, 0.1) is 0 Å². The highest BCUT2D eigenvalue weighted by Gasteiger charge is 2.26. The van der Waals surface area contributed by atoms with E-state index in [0.717, 1.165) is 0 Å². The first-order chi connectivity index (χ1) is 12.4. The molecule has 0 heterocycles. The van der Waals surface area contributed by atoms with Gasteiger partial charge in [-0.25, -0.2) is 0 Å². The molecule has 134 valence electrons. The molecule has 1 nitrogen and oxygen atoms in total. The Morgan fingerprint density at radius 1 is 0.692 bits per heavy atom. The molecule has 0 spiro atoms. The molecule has 0 aromatic heterocycles. The van der Waals surface area contributed by atoms with Crippen molar-refractivity contribution in [2.45, 2.75) is 33.2 Å². The van der Waals surface area contributed by atoms with Crippen LogP contribution >= 0.6 is 7.92 Å². The first-order valence-corrected chi connectivity index (χ1v) is 10.5. The molecule has 0 atom stereocenters. The van der Waals surface area contributed by atoms with E-state index in [1.54, 1.807) is 0 Å². The molecule has 3 aromatic carbocycles. The molecule has 0 unspecified atom stereocenters. The van der Waals surface area contributed by atoms with Crippen molar-refractivity contribution in [1.29, 1.82) is 0 Å². The summed E-state index contributed by atoms with van der Waals surface area (Å²) >= 11 is 0. The van der Waals surface area contributed by atoms with Gasteiger partial charge in [-0.2, -0.15) is 0 Å².